The van der Waals surface area contributed by atoms with E-state index in [1.54, 1.807) is 12.1 Å². The van der Waals surface area contributed by atoms with Gasteiger partial charge in [0, 0.05) is 12.7 Å². The number of benzene rings is 1. The number of carbonyl (C=O) groups is 1. The molecule has 0 bridgehead atoms. The van der Waals surface area contributed by atoms with E-state index in [1.807, 2.05) is 18.2 Å². The maximum absolute atomic E-state index is 11.9. The van der Waals surface area contributed by atoms with Gasteiger partial charge in [0.05, 0.1) is 5.56 Å². The molecular formula is C17H17N3O. The van der Waals surface area contributed by atoms with Crippen LogP contribution in [-0.4, -0.2) is 10.9 Å². The van der Waals surface area contributed by atoms with Gasteiger partial charge in [-0.1, -0.05) is 38.1 Å². The maximum atomic E-state index is 11.9. The van der Waals surface area contributed by atoms with Crippen LogP contribution in [0.4, 0.5) is 0 Å². The molecule has 0 unspecified atom stereocenters. The van der Waals surface area contributed by atoms with Crippen molar-refractivity contribution in [2.45, 2.75) is 26.3 Å². The highest BCUT2D eigenvalue weighted by molar-refractivity contribution is 5.92. The van der Waals surface area contributed by atoms with Crippen molar-refractivity contribution in [3.8, 4) is 6.07 Å². The molecule has 0 saturated heterocycles. The molecule has 0 spiro atoms. The van der Waals surface area contributed by atoms with Crippen molar-refractivity contribution in [3.63, 3.8) is 0 Å². The van der Waals surface area contributed by atoms with Gasteiger partial charge < -0.3 is 5.32 Å². The number of pyridine rings is 1. The molecule has 0 aliphatic heterocycles. The minimum Gasteiger partial charge on any atom is -0.347 e. The van der Waals surface area contributed by atoms with Crippen molar-refractivity contribution in [1.82, 2.24) is 10.3 Å². The lowest BCUT2D eigenvalue weighted by molar-refractivity contribution is 0.0946. The summed E-state index contributed by atoms with van der Waals surface area (Å²) < 4.78 is 0. The number of rotatable bonds is 4. The number of carbonyl (C=O) groups excluding carboxylic acids is 1. The zero-order valence-corrected chi connectivity index (χ0v) is 12.1. The van der Waals surface area contributed by atoms with Crippen LogP contribution < -0.4 is 5.32 Å². The van der Waals surface area contributed by atoms with Gasteiger partial charge in [0.15, 0.2) is 0 Å². The second-order valence-corrected chi connectivity index (χ2v) is 5.12. The van der Waals surface area contributed by atoms with Crippen LogP contribution in [-0.2, 0) is 6.54 Å². The lowest BCUT2D eigenvalue weighted by atomic mass is 10.0. The van der Waals surface area contributed by atoms with Crippen molar-refractivity contribution in [1.29, 1.82) is 5.26 Å². The van der Waals surface area contributed by atoms with Gasteiger partial charge in [-0.3, -0.25) is 4.79 Å². The second-order valence-electron chi connectivity index (χ2n) is 5.12. The Hall–Kier alpha value is -2.67. The molecule has 0 aliphatic carbocycles. The van der Waals surface area contributed by atoms with Crippen LogP contribution in [0.3, 0.4) is 0 Å². The Morgan fingerprint density at radius 2 is 1.95 bits per heavy atom. The van der Waals surface area contributed by atoms with E-state index >= 15 is 0 Å². The predicted octanol–water partition coefficient (Wildman–Crippen LogP) is 3.01. The molecule has 0 saturated carbocycles. The second kappa shape index (κ2) is 6.67. The molecule has 1 aromatic carbocycles. The Labute approximate surface area is 124 Å². The molecule has 21 heavy (non-hydrogen) atoms. The van der Waals surface area contributed by atoms with Gasteiger partial charge in [0.1, 0.15) is 11.8 Å². The monoisotopic (exact) mass is 279 g/mol. The first kappa shape index (κ1) is 14.7. The molecule has 0 aliphatic rings. The zero-order chi connectivity index (χ0) is 15.2. The zero-order valence-electron chi connectivity index (χ0n) is 12.1. The molecule has 4 nitrogen and oxygen atoms in total. The summed E-state index contributed by atoms with van der Waals surface area (Å²) in [6.07, 6.45) is 1.40. The smallest absolute Gasteiger partial charge is 0.270 e. The van der Waals surface area contributed by atoms with Crippen LogP contribution in [0, 0.1) is 11.3 Å². The van der Waals surface area contributed by atoms with E-state index in [0.717, 1.165) is 5.56 Å². The largest absolute Gasteiger partial charge is 0.347 e. The standard InChI is InChI=1S/C17H17N3O/c1-12(2)15-6-3-13(4-7-15)10-20-17(21)16-8-5-14(9-18)11-19-16/h3-8,11-12H,10H2,1-2H3,(H,20,21). The lowest BCUT2D eigenvalue weighted by Crippen LogP contribution is -2.23. The van der Waals surface area contributed by atoms with Crippen molar-refractivity contribution < 1.29 is 4.79 Å². The molecule has 4 heteroatoms. The van der Waals surface area contributed by atoms with Gasteiger partial charge in [0.2, 0.25) is 0 Å². The number of aromatic nitrogens is 1. The van der Waals surface area contributed by atoms with Crippen molar-refractivity contribution in [2.24, 2.45) is 0 Å². The van der Waals surface area contributed by atoms with Crippen LogP contribution in [0.1, 0.15) is 46.9 Å². The first-order chi connectivity index (χ1) is 10.1. The van der Waals surface area contributed by atoms with Crippen molar-refractivity contribution in [2.75, 3.05) is 0 Å². The fraction of sp³-hybridized carbons (Fsp3) is 0.235. The summed E-state index contributed by atoms with van der Waals surface area (Å²) in [5, 5.41) is 11.5. The van der Waals surface area contributed by atoms with Crippen LogP contribution in [0.15, 0.2) is 42.6 Å². The molecule has 2 aromatic rings. The summed E-state index contributed by atoms with van der Waals surface area (Å²) in [4.78, 5) is 15.9. The quantitative estimate of drug-likeness (QED) is 0.935. The highest BCUT2D eigenvalue weighted by atomic mass is 16.1. The topological polar surface area (TPSA) is 65.8 Å². The first-order valence-corrected chi connectivity index (χ1v) is 6.83. The summed E-state index contributed by atoms with van der Waals surface area (Å²) in [6.45, 7) is 4.75. The fourth-order valence-corrected chi connectivity index (χ4v) is 1.89. The molecule has 1 aromatic heterocycles. The molecular weight excluding hydrogens is 262 g/mol. The van der Waals surface area contributed by atoms with Gasteiger partial charge in [-0.2, -0.15) is 5.26 Å². The molecule has 1 amide bonds. The predicted molar refractivity (Wildman–Crippen MR) is 80.7 cm³/mol. The summed E-state index contributed by atoms with van der Waals surface area (Å²) in [7, 11) is 0. The number of amides is 1. The van der Waals surface area contributed by atoms with Crippen LogP contribution >= 0.6 is 0 Å². The number of hydrogen-bond donors (Lipinski definition) is 1. The van der Waals surface area contributed by atoms with Gasteiger partial charge >= 0.3 is 0 Å². The number of nitrogens with zero attached hydrogens (tertiary/aromatic N) is 2. The minimum atomic E-state index is -0.243. The third-order valence-corrected chi connectivity index (χ3v) is 3.22. The van der Waals surface area contributed by atoms with E-state index < -0.39 is 0 Å². The maximum Gasteiger partial charge on any atom is 0.270 e. The summed E-state index contributed by atoms with van der Waals surface area (Å²) in [6, 6.07) is 13.3. The number of nitriles is 1. The molecule has 0 fully saturated rings. The van der Waals surface area contributed by atoms with Crippen molar-refractivity contribution >= 4 is 5.91 Å². The Bertz CT molecular complexity index is 652. The SMILES string of the molecule is CC(C)c1ccc(CNC(=O)c2ccc(C#N)cn2)cc1. The molecule has 106 valence electrons. The van der Waals surface area contributed by atoms with E-state index in [4.69, 9.17) is 5.26 Å². The molecule has 1 N–H and O–H groups in total. The lowest BCUT2D eigenvalue weighted by Gasteiger charge is -2.08. The van der Waals surface area contributed by atoms with E-state index in [1.165, 1.54) is 11.8 Å². The van der Waals surface area contributed by atoms with E-state index in [9.17, 15) is 4.79 Å². The number of nitrogens with one attached hydrogen (secondary N) is 1. The Kier molecular flexibility index (Phi) is 4.68. The van der Waals surface area contributed by atoms with Gasteiger partial charge in [-0.25, -0.2) is 4.98 Å². The third-order valence-electron chi connectivity index (χ3n) is 3.22. The third kappa shape index (κ3) is 3.90. The van der Waals surface area contributed by atoms with Crippen LogP contribution in [0.2, 0.25) is 0 Å². The highest BCUT2D eigenvalue weighted by Crippen LogP contribution is 2.14. The van der Waals surface area contributed by atoms with Gasteiger partial charge in [-0.05, 0) is 29.2 Å². The molecule has 0 atom stereocenters. The molecule has 2 rings (SSSR count). The first-order valence-electron chi connectivity index (χ1n) is 6.83. The summed E-state index contributed by atoms with van der Waals surface area (Å²) in [5.41, 5.74) is 3.07. The average molecular weight is 279 g/mol. The number of hydrogen-bond acceptors (Lipinski definition) is 3. The molecule has 0 radical (unpaired) electrons. The van der Waals surface area contributed by atoms with Crippen LogP contribution in [0.5, 0.6) is 0 Å². The minimum absolute atomic E-state index is 0.243. The average Bonchev–Trinajstić information content (AvgIpc) is 2.53. The molecule has 1 heterocycles. The van der Waals surface area contributed by atoms with E-state index in [-0.39, 0.29) is 5.91 Å². The van der Waals surface area contributed by atoms with Gasteiger partial charge in [0.25, 0.3) is 5.91 Å². The van der Waals surface area contributed by atoms with Crippen LogP contribution in [0.25, 0.3) is 0 Å². The van der Waals surface area contributed by atoms with Gasteiger partial charge in [-0.15, -0.1) is 0 Å². The van der Waals surface area contributed by atoms with E-state index in [2.05, 4.69) is 36.3 Å². The highest BCUT2D eigenvalue weighted by Gasteiger charge is 2.07. The Morgan fingerprint density at radius 3 is 2.48 bits per heavy atom. The van der Waals surface area contributed by atoms with Crippen molar-refractivity contribution in [3.05, 3.63) is 65.0 Å². The summed E-state index contributed by atoms with van der Waals surface area (Å²) in [5.74, 6) is 0.254. The fourth-order valence-electron chi connectivity index (χ4n) is 1.89. The Morgan fingerprint density at radius 1 is 1.24 bits per heavy atom. The van der Waals surface area contributed by atoms with E-state index in [0.29, 0.717) is 23.7 Å². The summed E-state index contributed by atoms with van der Waals surface area (Å²) >= 11 is 0. The Balaban J connectivity index is 1.95. The normalized spacial score (nSPS) is 10.2.